The lowest BCUT2D eigenvalue weighted by Crippen LogP contribution is -2.39. The van der Waals surface area contributed by atoms with Crippen LogP contribution in [0.2, 0.25) is 0 Å². The molecule has 1 heterocycles. The first kappa shape index (κ1) is 19.0. The summed E-state index contributed by atoms with van der Waals surface area (Å²) in [6.07, 6.45) is -0.960. The summed E-state index contributed by atoms with van der Waals surface area (Å²) >= 11 is 0.410. The van der Waals surface area contributed by atoms with Crippen LogP contribution in [0.5, 0.6) is 11.5 Å². The number of hydrogen-bond donors (Lipinski definition) is 1. The largest absolute Gasteiger partial charge is 0.485 e. The van der Waals surface area contributed by atoms with Gasteiger partial charge in [-0.2, -0.15) is 8.78 Å². The Morgan fingerprint density at radius 2 is 1.85 bits per heavy atom. The third-order valence-corrected chi connectivity index (χ3v) is 4.20. The zero-order chi connectivity index (χ0) is 19.2. The standard InChI is InChI=1S/C18H15F2NO5S/c19-18(20)27-12-7-5-11(6-8-12)21-16(22)10-25-17(23)15-9-24-13-3-1-2-4-14(13)26-15/h1-8,15,18H,9-10H2,(H,21,22)/t15-/m0/s1. The molecule has 2 aromatic rings. The van der Waals surface area contributed by atoms with Gasteiger partial charge in [0, 0.05) is 10.6 Å². The van der Waals surface area contributed by atoms with E-state index in [-0.39, 0.29) is 6.61 Å². The van der Waals surface area contributed by atoms with Crippen molar-refractivity contribution in [2.24, 2.45) is 0 Å². The quantitative estimate of drug-likeness (QED) is 0.598. The van der Waals surface area contributed by atoms with Crippen LogP contribution in [0.15, 0.2) is 53.4 Å². The molecule has 1 aliphatic heterocycles. The van der Waals surface area contributed by atoms with Crippen molar-refractivity contribution >= 4 is 29.3 Å². The Bertz CT molecular complexity index is 816. The summed E-state index contributed by atoms with van der Waals surface area (Å²) in [5.74, 6) is -2.83. The number of anilines is 1. The number of rotatable bonds is 6. The summed E-state index contributed by atoms with van der Waals surface area (Å²) in [7, 11) is 0. The van der Waals surface area contributed by atoms with Crippen molar-refractivity contribution in [3.8, 4) is 11.5 Å². The molecule has 9 heteroatoms. The monoisotopic (exact) mass is 395 g/mol. The third-order valence-electron chi connectivity index (χ3n) is 3.48. The summed E-state index contributed by atoms with van der Waals surface area (Å²) in [4.78, 5) is 24.3. The van der Waals surface area contributed by atoms with Gasteiger partial charge < -0.3 is 19.5 Å². The van der Waals surface area contributed by atoms with Crippen molar-refractivity contribution in [2.75, 3.05) is 18.5 Å². The predicted octanol–water partition coefficient (Wildman–Crippen LogP) is 3.32. The molecule has 0 aliphatic carbocycles. The lowest BCUT2D eigenvalue weighted by molar-refractivity contribution is -0.156. The summed E-state index contributed by atoms with van der Waals surface area (Å²) in [6, 6.07) is 12.8. The number of amides is 1. The van der Waals surface area contributed by atoms with E-state index in [1.807, 2.05) is 0 Å². The van der Waals surface area contributed by atoms with Gasteiger partial charge in [0.2, 0.25) is 6.10 Å². The topological polar surface area (TPSA) is 73.9 Å². The summed E-state index contributed by atoms with van der Waals surface area (Å²) in [5, 5.41) is 2.51. The highest BCUT2D eigenvalue weighted by molar-refractivity contribution is 7.99. The van der Waals surface area contributed by atoms with E-state index < -0.39 is 30.3 Å². The Balaban J connectivity index is 1.46. The smallest absolute Gasteiger partial charge is 0.351 e. The molecule has 0 spiro atoms. The molecule has 6 nitrogen and oxygen atoms in total. The van der Waals surface area contributed by atoms with Crippen molar-refractivity contribution in [2.45, 2.75) is 16.8 Å². The maximum atomic E-state index is 12.3. The van der Waals surface area contributed by atoms with Crippen LogP contribution >= 0.6 is 11.8 Å². The van der Waals surface area contributed by atoms with E-state index in [4.69, 9.17) is 14.2 Å². The lowest BCUT2D eigenvalue weighted by atomic mass is 10.2. The lowest BCUT2D eigenvalue weighted by Gasteiger charge is -2.24. The number of carbonyl (C=O) groups excluding carboxylic acids is 2. The molecule has 0 saturated heterocycles. The molecule has 27 heavy (non-hydrogen) atoms. The molecule has 0 aromatic heterocycles. The number of alkyl halides is 2. The molecule has 142 valence electrons. The van der Waals surface area contributed by atoms with Crippen LogP contribution in [0, 0.1) is 0 Å². The molecule has 1 aliphatic rings. The van der Waals surface area contributed by atoms with Crippen LogP contribution in [0.4, 0.5) is 14.5 Å². The number of halogens is 2. The number of hydrogen-bond acceptors (Lipinski definition) is 6. The predicted molar refractivity (Wildman–Crippen MR) is 94.2 cm³/mol. The molecule has 0 unspecified atom stereocenters. The minimum absolute atomic E-state index is 0.0132. The first-order valence-electron chi connectivity index (χ1n) is 7.91. The third kappa shape index (κ3) is 5.33. The minimum Gasteiger partial charge on any atom is -0.485 e. The number of carbonyl (C=O) groups is 2. The van der Waals surface area contributed by atoms with Gasteiger partial charge in [0.25, 0.3) is 11.7 Å². The van der Waals surface area contributed by atoms with Crippen molar-refractivity contribution in [1.82, 2.24) is 0 Å². The number of para-hydroxylation sites is 2. The van der Waals surface area contributed by atoms with Gasteiger partial charge in [-0.05, 0) is 36.4 Å². The number of nitrogens with one attached hydrogen (secondary N) is 1. The Morgan fingerprint density at radius 3 is 2.56 bits per heavy atom. The number of benzene rings is 2. The highest BCUT2D eigenvalue weighted by atomic mass is 32.2. The van der Waals surface area contributed by atoms with Gasteiger partial charge in [-0.3, -0.25) is 4.79 Å². The maximum absolute atomic E-state index is 12.3. The maximum Gasteiger partial charge on any atom is 0.351 e. The first-order valence-corrected chi connectivity index (χ1v) is 8.79. The van der Waals surface area contributed by atoms with Crippen LogP contribution < -0.4 is 14.8 Å². The molecule has 1 amide bonds. The van der Waals surface area contributed by atoms with E-state index in [0.29, 0.717) is 33.8 Å². The Hall–Kier alpha value is -2.81. The fourth-order valence-electron chi connectivity index (χ4n) is 2.28. The van der Waals surface area contributed by atoms with Gasteiger partial charge in [-0.25, -0.2) is 4.79 Å². The van der Waals surface area contributed by atoms with E-state index in [2.05, 4.69) is 5.32 Å². The molecule has 0 saturated carbocycles. The summed E-state index contributed by atoms with van der Waals surface area (Å²) in [6.45, 7) is -0.519. The number of thioether (sulfide) groups is 1. The fourth-order valence-corrected chi connectivity index (χ4v) is 2.78. The second-order valence-corrected chi connectivity index (χ2v) is 6.49. The molecule has 0 radical (unpaired) electrons. The zero-order valence-electron chi connectivity index (χ0n) is 13.9. The molecule has 0 bridgehead atoms. The molecule has 2 aromatic carbocycles. The van der Waals surface area contributed by atoms with Gasteiger partial charge in [0.05, 0.1) is 0 Å². The molecule has 0 fully saturated rings. The van der Waals surface area contributed by atoms with E-state index in [1.54, 1.807) is 24.3 Å². The number of esters is 1. The van der Waals surface area contributed by atoms with Gasteiger partial charge in [0.1, 0.15) is 6.61 Å². The fraction of sp³-hybridized carbons (Fsp3) is 0.222. The van der Waals surface area contributed by atoms with E-state index in [1.165, 1.54) is 24.3 Å². The minimum atomic E-state index is -2.51. The van der Waals surface area contributed by atoms with Gasteiger partial charge in [-0.15, -0.1) is 0 Å². The Morgan fingerprint density at radius 1 is 1.15 bits per heavy atom. The SMILES string of the molecule is O=C(COC(=O)[C@@H]1COc2ccccc2O1)Nc1ccc(SC(F)F)cc1. The summed E-state index contributed by atoms with van der Waals surface area (Å²) < 4.78 is 40.4. The second-order valence-electron chi connectivity index (χ2n) is 5.42. The van der Waals surface area contributed by atoms with Crippen LogP contribution in [0.1, 0.15) is 0 Å². The molecular weight excluding hydrogens is 380 g/mol. The van der Waals surface area contributed by atoms with Gasteiger partial charge >= 0.3 is 5.97 Å². The van der Waals surface area contributed by atoms with Crippen LogP contribution in [-0.4, -0.2) is 37.0 Å². The van der Waals surface area contributed by atoms with Crippen molar-refractivity contribution in [1.29, 1.82) is 0 Å². The molecular formula is C18H15F2NO5S. The molecule has 3 rings (SSSR count). The van der Waals surface area contributed by atoms with Crippen molar-refractivity contribution in [3.63, 3.8) is 0 Å². The van der Waals surface area contributed by atoms with Gasteiger partial charge in [0.15, 0.2) is 18.1 Å². The molecule has 1 atom stereocenters. The van der Waals surface area contributed by atoms with Crippen LogP contribution in [0.25, 0.3) is 0 Å². The van der Waals surface area contributed by atoms with Crippen LogP contribution in [0.3, 0.4) is 0 Å². The highest BCUT2D eigenvalue weighted by Crippen LogP contribution is 2.31. The highest BCUT2D eigenvalue weighted by Gasteiger charge is 2.29. The van der Waals surface area contributed by atoms with E-state index in [0.717, 1.165) is 0 Å². The zero-order valence-corrected chi connectivity index (χ0v) is 14.7. The number of ether oxygens (including phenoxy) is 3. The Kier molecular flexibility index (Phi) is 6.12. The van der Waals surface area contributed by atoms with Gasteiger partial charge in [-0.1, -0.05) is 23.9 Å². The second kappa shape index (κ2) is 8.72. The average molecular weight is 395 g/mol. The van der Waals surface area contributed by atoms with E-state index in [9.17, 15) is 18.4 Å². The normalized spacial score (nSPS) is 15.3. The average Bonchev–Trinajstić information content (AvgIpc) is 2.67. The van der Waals surface area contributed by atoms with Crippen molar-refractivity contribution < 1.29 is 32.6 Å². The van der Waals surface area contributed by atoms with E-state index >= 15 is 0 Å². The summed E-state index contributed by atoms with van der Waals surface area (Å²) in [5.41, 5.74) is 0.404. The molecule has 1 N–H and O–H groups in total. The first-order chi connectivity index (χ1) is 13.0. The van der Waals surface area contributed by atoms with Crippen molar-refractivity contribution in [3.05, 3.63) is 48.5 Å². The number of fused-ring (bicyclic) bond motifs is 1. The van der Waals surface area contributed by atoms with Crippen LogP contribution in [-0.2, 0) is 14.3 Å². The Labute approximate surface area is 157 Å².